The van der Waals surface area contributed by atoms with Crippen molar-refractivity contribution in [3.63, 3.8) is 0 Å². The van der Waals surface area contributed by atoms with E-state index in [1.807, 2.05) is 4.90 Å². The second-order valence-electron chi connectivity index (χ2n) is 7.41. The molecule has 2 aliphatic heterocycles. The molecule has 1 aromatic carbocycles. The van der Waals surface area contributed by atoms with Crippen molar-refractivity contribution < 1.29 is 14.5 Å². The van der Waals surface area contributed by atoms with Crippen LogP contribution in [0.3, 0.4) is 0 Å². The average Bonchev–Trinajstić information content (AvgIpc) is 2.84. The van der Waals surface area contributed by atoms with Crippen LogP contribution in [0.5, 0.6) is 0 Å². The molecule has 0 atom stereocenters. The standard InChI is InChI=1S/C19H25N9O4/c29-19(20-14-4-6-15(7-5-14)28(30)31)25-24-16-21-17(26-8-2-1-3-9-26)23-18(22-16)27-10-12-32-13-11-27/h4-7H,1-3,8-13H2,(H2,20,25,29)(H,21,22,23,24). The number of hydrazine groups is 1. The summed E-state index contributed by atoms with van der Waals surface area (Å²) < 4.78 is 5.41. The number of ether oxygens (including phenoxy) is 1. The first-order valence-corrected chi connectivity index (χ1v) is 10.5. The van der Waals surface area contributed by atoms with E-state index in [-0.39, 0.29) is 11.6 Å². The van der Waals surface area contributed by atoms with Crippen LogP contribution in [0.2, 0.25) is 0 Å². The lowest BCUT2D eigenvalue weighted by molar-refractivity contribution is -0.384. The van der Waals surface area contributed by atoms with E-state index in [1.165, 1.54) is 30.7 Å². The van der Waals surface area contributed by atoms with Crippen LogP contribution in [-0.4, -0.2) is 65.3 Å². The first-order chi connectivity index (χ1) is 15.6. The van der Waals surface area contributed by atoms with Gasteiger partial charge in [0.25, 0.3) is 5.69 Å². The number of aromatic nitrogens is 3. The summed E-state index contributed by atoms with van der Waals surface area (Å²) >= 11 is 0. The summed E-state index contributed by atoms with van der Waals surface area (Å²) in [6.07, 6.45) is 3.35. The maximum atomic E-state index is 12.3. The monoisotopic (exact) mass is 443 g/mol. The largest absolute Gasteiger partial charge is 0.378 e. The molecular formula is C19H25N9O4. The van der Waals surface area contributed by atoms with Crippen LogP contribution in [0.4, 0.5) is 34.0 Å². The molecule has 0 aliphatic carbocycles. The van der Waals surface area contributed by atoms with Crippen LogP contribution < -0.4 is 26.0 Å². The van der Waals surface area contributed by atoms with E-state index in [0.717, 1.165) is 25.9 Å². The Balaban J connectivity index is 1.43. The van der Waals surface area contributed by atoms with Gasteiger partial charge in [-0.1, -0.05) is 0 Å². The SMILES string of the molecule is O=C(NNc1nc(N2CCCCC2)nc(N2CCOCC2)n1)Nc1ccc([N+](=O)[O-])cc1. The number of rotatable bonds is 6. The van der Waals surface area contributed by atoms with Crippen LogP contribution >= 0.6 is 0 Å². The van der Waals surface area contributed by atoms with Crippen molar-refractivity contribution in [2.75, 3.05) is 59.9 Å². The minimum absolute atomic E-state index is 0.0554. The molecule has 1 aromatic heterocycles. The highest BCUT2D eigenvalue weighted by Crippen LogP contribution is 2.21. The summed E-state index contributed by atoms with van der Waals surface area (Å²) in [4.78, 5) is 40.2. The highest BCUT2D eigenvalue weighted by molar-refractivity contribution is 5.89. The Morgan fingerprint density at radius 1 is 0.938 bits per heavy atom. The quantitative estimate of drug-likeness (QED) is 0.445. The lowest BCUT2D eigenvalue weighted by Gasteiger charge is -2.30. The number of nitrogens with zero attached hydrogens (tertiary/aromatic N) is 6. The molecule has 4 rings (SSSR count). The molecule has 32 heavy (non-hydrogen) atoms. The van der Waals surface area contributed by atoms with Gasteiger partial charge in [0.05, 0.1) is 18.1 Å². The molecule has 2 saturated heterocycles. The lowest BCUT2D eigenvalue weighted by atomic mass is 10.1. The number of morpholine rings is 1. The molecule has 2 fully saturated rings. The van der Waals surface area contributed by atoms with Crippen molar-refractivity contribution in [3.05, 3.63) is 34.4 Å². The predicted molar refractivity (Wildman–Crippen MR) is 118 cm³/mol. The van der Waals surface area contributed by atoms with Crippen molar-refractivity contribution in [1.82, 2.24) is 20.4 Å². The van der Waals surface area contributed by atoms with Gasteiger partial charge >= 0.3 is 6.03 Å². The van der Waals surface area contributed by atoms with Crippen molar-refractivity contribution in [1.29, 1.82) is 0 Å². The van der Waals surface area contributed by atoms with Crippen molar-refractivity contribution in [2.24, 2.45) is 0 Å². The second kappa shape index (κ2) is 10.0. The maximum Gasteiger partial charge on any atom is 0.337 e. The summed E-state index contributed by atoms with van der Waals surface area (Å²) in [6, 6.07) is 4.96. The van der Waals surface area contributed by atoms with Gasteiger partial charge < -0.3 is 19.9 Å². The first kappa shape index (κ1) is 21.5. The first-order valence-electron chi connectivity index (χ1n) is 10.5. The second-order valence-corrected chi connectivity index (χ2v) is 7.41. The Morgan fingerprint density at radius 2 is 1.56 bits per heavy atom. The third-order valence-electron chi connectivity index (χ3n) is 5.17. The Hall–Kier alpha value is -3.74. The Bertz CT molecular complexity index is 908. The van der Waals surface area contributed by atoms with E-state index in [0.29, 0.717) is 43.9 Å². The van der Waals surface area contributed by atoms with Crippen LogP contribution in [0, 0.1) is 10.1 Å². The zero-order valence-electron chi connectivity index (χ0n) is 17.5. The third-order valence-corrected chi connectivity index (χ3v) is 5.17. The van der Waals surface area contributed by atoms with E-state index < -0.39 is 11.0 Å². The maximum absolute atomic E-state index is 12.3. The number of nitrogens with one attached hydrogen (secondary N) is 3. The molecule has 170 valence electrons. The predicted octanol–water partition coefficient (Wildman–Crippen LogP) is 1.76. The van der Waals surface area contributed by atoms with Crippen LogP contribution in [0.15, 0.2) is 24.3 Å². The summed E-state index contributed by atoms with van der Waals surface area (Å²) in [5, 5.41) is 13.3. The van der Waals surface area contributed by atoms with Gasteiger partial charge in [-0.15, -0.1) is 0 Å². The normalized spacial score (nSPS) is 16.4. The molecule has 2 amide bonds. The molecule has 0 bridgehead atoms. The number of piperidine rings is 1. The highest BCUT2D eigenvalue weighted by atomic mass is 16.6. The number of hydrogen-bond acceptors (Lipinski definition) is 10. The lowest BCUT2D eigenvalue weighted by Crippen LogP contribution is -2.39. The van der Waals surface area contributed by atoms with Gasteiger partial charge in [0, 0.05) is 44.0 Å². The number of amides is 2. The van der Waals surface area contributed by atoms with Crippen LogP contribution in [0.25, 0.3) is 0 Å². The third kappa shape index (κ3) is 5.49. The fraction of sp³-hybridized carbons (Fsp3) is 0.474. The molecule has 0 spiro atoms. The Kier molecular flexibility index (Phi) is 6.75. The molecule has 13 heteroatoms. The number of nitro groups is 1. The van der Waals surface area contributed by atoms with Crippen molar-refractivity contribution in [2.45, 2.75) is 19.3 Å². The van der Waals surface area contributed by atoms with E-state index >= 15 is 0 Å². The number of benzene rings is 1. The van der Waals surface area contributed by atoms with Gasteiger partial charge in [-0.2, -0.15) is 15.0 Å². The topological polar surface area (TPSA) is 151 Å². The number of urea groups is 1. The Labute approximate surface area is 184 Å². The molecule has 2 aliphatic rings. The Morgan fingerprint density at radius 3 is 2.19 bits per heavy atom. The van der Waals surface area contributed by atoms with Gasteiger partial charge in [0.2, 0.25) is 17.8 Å². The molecule has 2 aromatic rings. The number of non-ortho nitro benzene ring substituents is 1. The molecular weight excluding hydrogens is 418 g/mol. The minimum Gasteiger partial charge on any atom is -0.378 e. The van der Waals surface area contributed by atoms with Crippen molar-refractivity contribution >= 4 is 35.3 Å². The summed E-state index contributed by atoms with van der Waals surface area (Å²) in [5.74, 6) is 1.33. The van der Waals surface area contributed by atoms with E-state index in [4.69, 9.17) is 4.74 Å². The van der Waals surface area contributed by atoms with Gasteiger partial charge in [-0.25, -0.2) is 10.2 Å². The number of carbonyl (C=O) groups is 1. The molecule has 3 heterocycles. The van der Waals surface area contributed by atoms with Gasteiger partial charge in [0.15, 0.2) is 0 Å². The zero-order valence-corrected chi connectivity index (χ0v) is 17.5. The molecule has 13 nitrogen and oxygen atoms in total. The van der Waals surface area contributed by atoms with E-state index in [1.54, 1.807) is 0 Å². The number of hydrogen-bond donors (Lipinski definition) is 3. The van der Waals surface area contributed by atoms with E-state index in [2.05, 4.69) is 36.0 Å². The number of anilines is 4. The molecule has 3 N–H and O–H groups in total. The molecule has 0 saturated carbocycles. The minimum atomic E-state index is -0.563. The van der Waals surface area contributed by atoms with Gasteiger partial charge in [0.1, 0.15) is 0 Å². The number of carbonyl (C=O) groups excluding carboxylic acids is 1. The fourth-order valence-corrected chi connectivity index (χ4v) is 3.49. The fourth-order valence-electron chi connectivity index (χ4n) is 3.49. The summed E-state index contributed by atoms with van der Waals surface area (Å²) in [6.45, 7) is 4.31. The molecule has 0 radical (unpaired) electrons. The van der Waals surface area contributed by atoms with Crippen LogP contribution in [0.1, 0.15) is 19.3 Å². The van der Waals surface area contributed by atoms with Crippen LogP contribution in [-0.2, 0) is 4.74 Å². The molecule has 0 unspecified atom stereocenters. The van der Waals surface area contributed by atoms with Crippen molar-refractivity contribution in [3.8, 4) is 0 Å². The highest BCUT2D eigenvalue weighted by Gasteiger charge is 2.20. The van der Waals surface area contributed by atoms with Gasteiger partial charge in [-0.05, 0) is 31.4 Å². The number of nitro benzene ring substituents is 1. The van der Waals surface area contributed by atoms with E-state index in [9.17, 15) is 14.9 Å². The van der Waals surface area contributed by atoms with Gasteiger partial charge in [-0.3, -0.25) is 15.5 Å². The summed E-state index contributed by atoms with van der Waals surface area (Å²) in [7, 11) is 0. The zero-order chi connectivity index (χ0) is 22.3. The smallest absolute Gasteiger partial charge is 0.337 e. The summed E-state index contributed by atoms with van der Waals surface area (Å²) in [5.41, 5.74) is 5.59. The average molecular weight is 443 g/mol.